The van der Waals surface area contributed by atoms with E-state index in [4.69, 9.17) is 9.47 Å². The summed E-state index contributed by atoms with van der Waals surface area (Å²) in [5.41, 5.74) is 2.50. The first-order valence-electron chi connectivity index (χ1n) is 14.9. The van der Waals surface area contributed by atoms with Gasteiger partial charge in [0.15, 0.2) is 5.75 Å². The predicted molar refractivity (Wildman–Crippen MR) is 178 cm³/mol. The summed E-state index contributed by atoms with van der Waals surface area (Å²) in [5.74, 6) is -0.0660. The number of hydrogen-bond acceptors (Lipinski definition) is 8. The van der Waals surface area contributed by atoms with Gasteiger partial charge in [0.2, 0.25) is 0 Å². The minimum atomic E-state index is -0.567. The van der Waals surface area contributed by atoms with Gasteiger partial charge < -0.3 is 35.0 Å². The van der Waals surface area contributed by atoms with E-state index in [0.717, 1.165) is 10.6 Å². The molecular weight excluding hydrogens is 606 g/mol. The highest BCUT2D eigenvalue weighted by Crippen LogP contribution is 2.35. The highest BCUT2D eigenvalue weighted by Gasteiger charge is 2.35. The first-order valence-corrected chi connectivity index (χ1v) is 15.8. The molecule has 0 saturated carbocycles. The molecular formula is C34H37N5O6S. The Morgan fingerprint density at radius 3 is 2.52 bits per heavy atom. The number of hydrogen-bond donors (Lipinski definition) is 3. The number of aliphatic hydroxyl groups excluding tert-OH is 1. The third-order valence-corrected chi connectivity index (χ3v) is 8.73. The molecule has 1 aliphatic rings. The maximum atomic E-state index is 13.8. The Morgan fingerprint density at radius 2 is 1.87 bits per heavy atom. The van der Waals surface area contributed by atoms with Gasteiger partial charge in [-0.3, -0.25) is 9.59 Å². The van der Waals surface area contributed by atoms with Crippen molar-refractivity contribution in [3.63, 3.8) is 0 Å². The largest absolute Gasteiger partial charge is 0.497 e. The van der Waals surface area contributed by atoms with Crippen LogP contribution in [0, 0.1) is 5.92 Å². The zero-order valence-electron chi connectivity index (χ0n) is 26.1. The number of anilines is 2. The maximum absolute atomic E-state index is 13.8. The van der Waals surface area contributed by atoms with Gasteiger partial charge in [0.1, 0.15) is 16.9 Å². The van der Waals surface area contributed by atoms with E-state index in [0.29, 0.717) is 29.2 Å². The average Bonchev–Trinajstić information content (AvgIpc) is 3.62. The SMILES string of the molecule is COc1ccc(NC(=O)N(C)C[C@H]2Oc3c(NC(=O)c4ccc(-c5nccs5)cc4)cccc3C(=O)N([C@@H](C)CO)C[C@H]2C)cc1. The van der Waals surface area contributed by atoms with Crippen molar-refractivity contribution in [2.75, 3.05) is 44.5 Å². The maximum Gasteiger partial charge on any atom is 0.321 e. The molecule has 4 aromatic rings. The Bertz CT molecular complexity index is 1660. The van der Waals surface area contributed by atoms with Gasteiger partial charge in [0.25, 0.3) is 11.8 Å². The second-order valence-electron chi connectivity index (χ2n) is 11.2. The van der Waals surface area contributed by atoms with Gasteiger partial charge >= 0.3 is 6.03 Å². The van der Waals surface area contributed by atoms with Crippen molar-refractivity contribution in [2.24, 2.45) is 5.92 Å². The number of likely N-dealkylation sites (N-methyl/N-ethyl adjacent to an activating group) is 1. The van der Waals surface area contributed by atoms with Crippen molar-refractivity contribution in [3.8, 4) is 22.1 Å². The van der Waals surface area contributed by atoms with Gasteiger partial charge in [0.05, 0.1) is 37.6 Å². The number of carbonyl (C=O) groups excluding carboxylic acids is 3. The summed E-state index contributed by atoms with van der Waals surface area (Å²) in [6.45, 7) is 3.95. The molecule has 240 valence electrons. The molecule has 11 nitrogen and oxygen atoms in total. The summed E-state index contributed by atoms with van der Waals surface area (Å²) in [6, 6.07) is 18.3. The summed E-state index contributed by atoms with van der Waals surface area (Å²) in [6.07, 6.45) is 1.16. The molecule has 0 aliphatic carbocycles. The number of nitrogens with one attached hydrogen (secondary N) is 2. The molecule has 0 radical (unpaired) electrons. The molecule has 1 aliphatic heterocycles. The Labute approximate surface area is 271 Å². The fourth-order valence-corrected chi connectivity index (χ4v) is 5.77. The van der Waals surface area contributed by atoms with E-state index >= 15 is 0 Å². The number of aromatic nitrogens is 1. The summed E-state index contributed by atoms with van der Waals surface area (Å²) >= 11 is 1.51. The number of ether oxygens (including phenoxy) is 2. The van der Waals surface area contributed by atoms with Crippen LogP contribution in [-0.4, -0.2) is 83.7 Å². The van der Waals surface area contributed by atoms with Crippen LogP contribution in [-0.2, 0) is 0 Å². The number of urea groups is 1. The molecule has 0 unspecified atom stereocenters. The van der Waals surface area contributed by atoms with Gasteiger partial charge in [-0.2, -0.15) is 0 Å². The first kappa shape index (κ1) is 32.5. The topological polar surface area (TPSA) is 133 Å². The van der Waals surface area contributed by atoms with Crippen LogP contribution in [0.5, 0.6) is 11.5 Å². The molecule has 5 rings (SSSR count). The van der Waals surface area contributed by atoms with Crippen LogP contribution in [0.2, 0.25) is 0 Å². The van der Waals surface area contributed by atoms with E-state index in [9.17, 15) is 19.5 Å². The number of fused-ring (bicyclic) bond motifs is 1. The zero-order valence-corrected chi connectivity index (χ0v) is 26.9. The molecule has 0 spiro atoms. The fraction of sp³-hybridized carbons (Fsp3) is 0.294. The predicted octanol–water partition coefficient (Wildman–Crippen LogP) is 5.46. The van der Waals surface area contributed by atoms with E-state index in [1.807, 2.05) is 24.4 Å². The van der Waals surface area contributed by atoms with Crippen LogP contribution in [0.3, 0.4) is 0 Å². The molecule has 3 aromatic carbocycles. The third kappa shape index (κ3) is 7.30. The molecule has 3 atom stereocenters. The lowest BCUT2D eigenvalue weighted by Crippen LogP contribution is -2.50. The molecule has 12 heteroatoms. The number of carbonyl (C=O) groups is 3. The monoisotopic (exact) mass is 643 g/mol. The van der Waals surface area contributed by atoms with Crippen LogP contribution in [0.1, 0.15) is 34.6 Å². The lowest BCUT2D eigenvalue weighted by Gasteiger charge is -2.38. The number of aliphatic hydroxyl groups is 1. The number of para-hydroxylation sites is 1. The average molecular weight is 644 g/mol. The lowest BCUT2D eigenvalue weighted by atomic mass is 9.99. The summed E-state index contributed by atoms with van der Waals surface area (Å²) < 4.78 is 11.7. The molecule has 0 bridgehead atoms. The van der Waals surface area contributed by atoms with Crippen molar-refractivity contribution in [1.29, 1.82) is 0 Å². The van der Waals surface area contributed by atoms with Gasteiger partial charge in [-0.15, -0.1) is 11.3 Å². The van der Waals surface area contributed by atoms with Gasteiger partial charge in [0, 0.05) is 47.9 Å². The number of methoxy groups -OCH3 is 1. The number of amides is 4. The van der Waals surface area contributed by atoms with E-state index in [1.165, 1.54) is 16.2 Å². The molecule has 4 amide bonds. The van der Waals surface area contributed by atoms with Crippen molar-refractivity contribution >= 4 is 40.6 Å². The minimum Gasteiger partial charge on any atom is -0.497 e. The van der Waals surface area contributed by atoms with Crippen molar-refractivity contribution in [2.45, 2.75) is 26.0 Å². The van der Waals surface area contributed by atoms with E-state index in [2.05, 4.69) is 15.6 Å². The molecule has 1 aromatic heterocycles. The van der Waals surface area contributed by atoms with E-state index in [1.54, 1.807) is 86.8 Å². The molecule has 46 heavy (non-hydrogen) atoms. The molecule has 0 fully saturated rings. The standard InChI is InChI=1S/C34H37N5O6S/c1-21-18-39(22(2)20-40)33(42)27-6-5-7-28(37-31(41)23-8-10-24(11-9-23)32-35-16-17-46-32)30(27)45-29(21)19-38(3)34(43)36-25-12-14-26(44-4)15-13-25/h5-17,21-22,29,40H,18-20H2,1-4H3,(H,36,43)(H,37,41)/t21-,22+,29-/m1/s1. The van der Waals surface area contributed by atoms with E-state index < -0.39 is 12.1 Å². The molecule has 3 N–H and O–H groups in total. The normalized spacial score (nSPS) is 16.7. The number of benzene rings is 3. The zero-order chi connectivity index (χ0) is 32.8. The Morgan fingerprint density at radius 1 is 1.13 bits per heavy atom. The number of nitrogens with zero attached hydrogens (tertiary/aromatic N) is 3. The van der Waals surface area contributed by atoms with Crippen LogP contribution >= 0.6 is 11.3 Å². The van der Waals surface area contributed by atoms with Crippen LogP contribution < -0.4 is 20.1 Å². The third-order valence-electron chi connectivity index (χ3n) is 7.91. The Balaban J connectivity index is 1.40. The summed E-state index contributed by atoms with van der Waals surface area (Å²) in [7, 11) is 3.24. The van der Waals surface area contributed by atoms with Crippen molar-refractivity contribution in [3.05, 3.63) is 89.4 Å². The van der Waals surface area contributed by atoms with Crippen molar-refractivity contribution < 1.29 is 29.0 Å². The van der Waals surface area contributed by atoms with Crippen molar-refractivity contribution in [1.82, 2.24) is 14.8 Å². The first-order chi connectivity index (χ1) is 22.2. The highest BCUT2D eigenvalue weighted by molar-refractivity contribution is 7.13. The van der Waals surface area contributed by atoms with Gasteiger partial charge in [-0.25, -0.2) is 9.78 Å². The van der Waals surface area contributed by atoms with Gasteiger partial charge in [-0.1, -0.05) is 25.1 Å². The molecule has 0 saturated heterocycles. The van der Waals surface area contributed by atoms with Crippen LogP contribution in [0.15, 0.2) is 78.3 Å². The summed E-state index contributed by atoms with van der Waals surface area (Å²) in [4.78, 5) is 47.8. The van der Waals surface area contributed by atoms with Crippen LogP contribution in [0.4, 0.5) is 16.2 Å². The lowest BCUT2D eigenvalue weighted by molar-refractivity contribution is 0.0372. The smallest absolute Gasteiger partial charge is 0.321 e. The number of thiazole rings is 1. The minimum absolute atomic E-state index is 0.179. The Kier molecular flexibility index (Phi) is 10.2. The second-order valence-corrected chi connectivity index (χ2v) is 12.1. The second kappa shape index (κ2) is 14.4. The van der Waals surface area contributed by atoms with E-state index in [-0.39, 0.29) is 48.2 Å². The Hall–Kier alpha value is -4.94. The quantitative estimate of drug-likeness (QED) is 0.221. The highest BCUT2D eigenvalue weighted by atomic mass is 32.1. The summed E-state index contributed by atoms with van der Waals surface area (Å²) in [5, 5.41) is 18.5. The fourth-order valence-electron chi connectivity index (χ4n) is 5.13. The van der Waals surface area contributed by atoms with Gasteiger partial charge in [-0.05, 0) is 55.5 Å². The number of rotatable bonds is 9. The molecule has 2 heterocycles. The van der Waals surface area contributed by atoms with Crippen LogP contribution in [0.25, 0.3) is 10.6 Å².